The molecule has 3 rings (SSSR count). The smallest absolute Gasteiger partial charge is 0.0717 e. The lowest BCUT2D eigenvalue weighted by molar-refractivity contribution is 0.147. The summed E-state index contributed by atoms with van der Waals surface area (Å²) < 4.78 is 0. The highest BCUT2D eigenvalue weighted by molar-refractivity contribution is 5.55. The maximum absolute atomic E-state index is 10.3. The molecule has 2 heteroatoms. The van der Waals surface area contributed by atoms with Crippen molar-refractivity contribution in [3.8, 4) is 0 Å². The first kappa shape index (κ1) is 13.0. The van der Waals surface area contributed by atoms with E-state index < -0.39 is 0 Å². The summed E-state index contributed by atoms with van der Waals surface area (Å²) in [5.41, 5.74) is 2.79. The lowest BCUT2D eigenvalue weighted by atomic mass is 9.98. The van der Waals surface area contributed by atoms with Crippen molar-refractivity contribution in [2.24, 2.45) is 5.92 Å². The molecular formula is C17H25NO. The number of aliphatic hydroxyl groups is 1. The lowest BCUT2D eigenvalue weighted by Crippen LogP contribution is -2.36. The second kappa shape index (κ2) is 5.96. The van der Waals surface area contributed by atoms with E-state index >= 15 is 0 Å². The van der Waals surface area contributed by atoms with Crippen LogP contribution < -0.4 is 4.90 Å². The molecule has 0 radical (unpaired) electrons. The SMILES string of the molecule is OC(CC1CCCC1)CN1CCCc2ccccc21. The Morgan fingerprint density at radius 3 is 2.79 bits per heavy atom. The van der Waals surface area contributed by atoms with Crippen molar-refractivity contribution in [1.82, 2.24) is 0 Å². The second-order valence-electron chi connectivity index (χ2n) is 6.22. The fourth-order valence-corrected chi connectivity index (χ4v) is 3.76. The highest BCUT2D eigenvalue weighted by atomic mass is 16.3. The fourth-order valence-electron chi connectivity index (χ4n) is 3.76. The number of para-hydroxylation sites is 1. The summed E-state index contributed by atoms with van der Waals surface area (Å²) in [6.07, 6.45) is 8.63. The van der Waals surface area contributed by atoms with E-state index in [9.17, 15) is 5.11 Å². The van der Waals surface area contributed by atoms with Crippen LogP contribution in [0.25, 0.3) is 0 Å². The lowest BCUT2D eigenvalue weighted by Gasteiger charge is -2.33. The van der Waals surface area contributed by atoms with Gasteiger partial charge in [-0.25, -0.2) is 0 Å². The first-order valence-electron chi connectivity index (χ1n) is 7.84. The van der Waals surface area contributed by atoms with Crippen molar-refractivity contribution in [1.29, 1.82) is 0 Å². The zero-order valence-corrected chi connectivity index (χ0v) is 11.7. The van der Waals surface area contributed by atoms with Crippen LogP contribution in [0.3, 0.4) is 0 Å². The Labute approximate surface area is 116 Å². The number of nitrogens with zero attached hydrogens (tertiary/aromatic N) is 1. The number of benzene rings is 1. The molecule has 1 unspecified atom stereocenters. The molecule has 0 amide bonds. The third kappa shape index (κ3) is 3.11. The van der Waals surface area contributed by atoms with Crippen LogP contribution in [-0.2, 0) is 6.42 Å². The summed E-state index contributed by atoms with van der Waals surface area (Å²) in [6, 6.07) is 8.67. The van der Waals surface area contributed by atoms with E-state index in [4.69, 9.17) is 0 Å². The zero-order valence-electron chi connectivity index (χ0n) is 11.7. The van der Waals surface area contributed by atoms with Crippen molar-refractivity contribution < 1.29 is 5.11 Å². The van der Waals surface area contributed by atoms with Crippen molar-refractivity contribution >= 4 is 5.69 Å². The molecule has 0 bridgehead atoms. The third-order valence-electron chi connectivity index (χ3n) is 4.72. The Kier molecular flexibility index (Phi) is 4.07. The summed E-state index contributed by atoms with van der Waals surface area (Å²) in [7, 11) is 0. The molecule has 19 heavy (non-hydrogen) atoms. The molecule has 2 nitrogen and oxygen atoms in total. The van der Waals surface area contributed by atoms with Gasteiger partial charge >= 0.3 is 0 Å². The minimum absolute atomic E-state index is 0.158. The van der Waals surface area contributed by atoms with Gasteiger partial charge in [0.25, 0.3) is 0 Å². The second-order valence-corrected chi connectivity index (χ2v) is 6.22. The molecule has 1 aliphatic heterocycles. The minimum Gasteiger partial charge on any atom is -0.391 e. The standard InChI is InChI=1S/C17H25NO/c19-16(12-14-6-1-2-7-14)13-18-11-5-9-15-8-3-4-10-17(15)18/h3-4,8,10,14,16,19H,1-2,5-7,9,11-13H2. The van der Waals surface area contributed by atoms with Gasteiger partial charge in [-0.3, -0.25) is 0 Å². The number of β-amino-alcohol motifs (C(OH)–C–C–N with tert-alkyl or cyclic N) is 1. The summed E-state index contributed by atoms with van der Waals surface area (Å²) in [6.45, 7) is 1.91. The number of aryl methyl sites for hydroxylation is 1. The minimum atomic E-state index is -0.158. The predicted molar refractivity (Wildman–Crippen MR) is 79.6 cm³/mol. The average Bonchev–Trinajstić information content (AvgIpc) is 2.92. The largest absolute Gasteiger partial charge is 0.391 e. The maximum atomic E-state index is 10.3. The predicted octanol–water partition coefficient (Wildman–Crippen LogP) is 3.38. The van der Waals surface area contributed by atoms with E-state index in [1.54, 1.807) is 0 Å². The van der Waals surface area contributed by atoms with Crippen molar-refractivity contribution in [3.63, 3.8) is 0 Å². The fraction of sp³-hybridized carbons (Fsp3) is 0.647. The Hall–Kier alpha value is -1.02. The molecule has 1 fully saturated rings. The van der Waals surface area contributed by atoms with Crippen LogP contribution in [0.1, 0.15) is 44.1 Å². The van der Waals surface area contributed by atoms with Crippen LogP contribution in [0, 0.1) is 5.92 Å². The summed E-state index contributed by atoms with van der Waals surface area (Å²) in [4.78, 5) is 2.39. The van der Waals surface area contributed by atoms with E-state index in [-0.39, 0.29) is 6.10 Å². The van der Waals surface area contributed by atoms with E-state index in [1.165, 1.54) is 49.8 Å². The topological polar surface area (TPSA) is 23.5 Å². The van der Waals surface area contributed by atoms with Crippen molar-refractivity contribution in [2.45, 2.75) is 51.0 Å². The number of hydrogen-bond donors (Lipinski definition) is 1. The molecule has 1 aliphatic carbocycles. The average molecular weight is 259 g/mol. The van der Waals surface area contributed by atoms with Crippen LogP contribution in [-0.4, -0.2) is 24.3 Å². The van der Waals surface area contributed by atoms with Crippen LogP contribution in [0.5, 0.6) is 0 Å². The van der Waals surface area contributed by atoms with Crippen LogP contribution in [0.15, 0.2) is 24.3 Å². The quantitative estimate of drug-likeness (QED) is 0.896. The van der Waals surface area contributed by atoms with Crippen LogP contribution >= 0.6 is 0 Å². The Bertz CT molecular complexity index is 411. The summed E-state index contributed by atoms with van der Waals surface area (Å²) in [5.74, 6) is 0.773. The molecule has 1 saturated carbocycles. The molecular weight excluding hydrogens is 234 g/mol. The Balaban J connectivity index is 1.60. The highest BCUT2D eigenvalue weighted by Crippen LogP contribution is 2.30. The van der Waals surface area contributed by atoms with Gasteiger partial charge in [0.05, 0.1) is 6.10 Å². The zero-order chi connectivity index (χ0) is 13.1. The number of anilines is 1. The van der Waals surface area contributed by atoms with E-state index in [1.807, 2.05) is 0 Å². The van der Waals surface area contributed by atoms with Gasteiger partial charge < -0.3 is 10.0 Å². The van der Waals surface area contributed by atoms with Crippen molar-refractivity contribution in [2.75, 3.05) is 18.0 Å². The normalized spacial score (nSPS) is 21.4. The number of hydrogen-bond acceptors (Lipinski definition) is 2. The maximum Gasteiger partial charge on any atom is 0.0717 e. The van der Waals surface area contributed by atoms with Gasteiger partial charge in [0.1, 0.15) is 0 Å². The Morgan fingerprint density at radius 2 is 1.95 bits per heavy atom. The van der Waals surface area contributed by atoms with Gasteiger partial charge in [0.15, 0.2) is 0 Å². The van der Waals surface area contributed by atoms with Gasteiger partial charge in [0.2, 0.25) is 0 Å². The summed E-state index contributed by atoms with van der Waals surface area (Å²) >= 11 is 0. The first-order chi connectivity index (χ1) is 9.33. The molecule has 2 aliphatic rings. The third-order valence-corrected chi connectivity index (χ3v) is 4.72. The molecule has 1 N–H and O–H groups in total. The molecule has 0 spiro atoms. The summed E-state index contributed by atoms with van der Waals surface area (Å²) in [5, 5.41) is 10.3. The first-order valence-corrected chi connectivity index (χ1v) is 7.84. The van der Waals surface area contributed by atoms with Gasteiger partial charge in [-0.15, -0.1) is 0 Å². The molecule has 1 aromatic rings. The van der Waals surface area contributed by atoms with Crippen molar-refractivity contribution in [3.05, 3.63) is 29.8 Å². The van der Waals surface area contributed by atoms with E-state index in [0.29, 0.717) is 0 Å². The van der Waals surface area contributed by atoms with Gasteiger partial charge in [-0.05, 0) is 36.8 Å². The number of fused-ring (bicyclic) bond motifs is 1. The number of rotatable bonds is 4. The molecule has 104 valence electrons. The molecule has 1 aromatic carbocycles. The highest BCUT2D eigenvalue weighted by Gasteiger charge is 2.22. The van der Waals surface area contributed by atoms with Gasteiger partial charge in [0, 0.05) is 18.8 Å². The van der Waals surface area contributed by atoms with Gasteiger partial charge in [-0.1, -0.05) is 43.9 Å². The molecule has 1 atom stereocenters. The molecule has 1 heterocycles. The number of aliphatic hydroxyl groups excluding tert-OH is 1. The molecule has 0 aromatic heterocycles. The monoisotopic (exact) mass is 259 g/mol. The van der Waals surface area contributed by atoms with Crippen LogP contribution in [0.4, 0.5) is 5.69 Å². The van der Waals surface area contributed by atoms with Crippen LogP contribution in [0.2, 0.25) is 0 Å². The van der Waals surface area contributed by atoms with E-state index in [2.05, 4.69) is 29.2 Å². The molecule has 0 saturated heterocycles. The van der Waals surface area contributed by atoms with Gasteiger partial charge in [-0.2, -0.15) is 0 Å². The van der Waals surface area contributed by atoms with E-state index in [0.717, 1.165) is 25.4 Å². The Morgan fingerprint density at radius 1 is 1.16 bits per heavy atom.